The Hall–Kier alpha value is -3.20. The molecule has 1 N–H and O–H groups in total. The van der Waals surface area contributed by atoms with Crippen molar-refractivity contribution in [2.45, 2.75) is 18.9 Å². The highest BCUT2D eigenvalue weighted by molar-refractivity contribution is 5.97. The van der Waals surface area contributed by atoms with Crippen LogP contribution in [0, 0.1) is 0 Å². The van der Waals surface area contributed by atoms with Crippen molar-refractivity contribution in [3.8, 4) is 0 Å². The molecule has 3 aromatic rings. The second kappa shape index (κ2) is 8.77. The number of amides is 1. The highest BCUT2D eigenvalue weighted by Crippen LogP contribution is 2.15. The molecule has 0 aliphatic heterocycles. The Morgan fingerprint density at radius 3 is 2.04 bits per heavy atom. The van der Waals surface area contributed by atoms with E-state index in [1.54, 1.807) is 6.07 Å². The van der Waals surface area contributed by atoms with Gasteiger partial charge in [-0.05, 0) is 35.6 Å². The summed E-state index contributed by atoms with van der Waals surface area (Å²) in [6.45, 7) is 0. The highest BCUT2D eigenvalue weighted by Gasteiger charge is 2.16. The number of carbonyl (C=O) groups is 2. The smallest absolute Gasteiger partial charge is 0.252 e. The van der Waals surface area contributed by atoms with Crippen molar-refractivity contribution in [2.75, 3.05) is 0 Å². The zero-order valence-electron chi connectivity index (χ0n) is 14.5. The van der Waals surface area contributed by atoms with Gasteiger partial charge in [0.2, 0.25) is 0 Å². The fraction of sp³-hybridized carbons (Fsp3) is 0.130. The van der Waals surface area contributed by atoms with Crippen LogP contribution in [0.4, 0.5) is 0 Å². The number of hydrogen-bond acceptors (Lipinski definition) is 2. The maximum absolute atomic E-state index is 12.7. The Balaban J connectivity index is 1.74. The van der Waals surface area contributed by atoms with E-state index < -0.39 is 6.04 Å². The van der Waals surface area contributed by atoms with E-state index in [1.165, 1.54) is 0 Å². The zero-order chi connectivity index (χ0) is 18.2. The summed E-state index contributed by atoms with van der Waals surface area (Å²) in [5.74, 6) is -0.218. The molecular weight excluding hydrogens is 322 g/mol. The van der Waals surface area contributed by atoms with Crippen LogP contribution in [0.5, 0.6) is 0 Å². The van der Waals surface area contributed by atoms with Crippen LogP contribution in [0.3, 0.4) is 0 Å². The molecule has 0 spiro atoms. The van der Waals surface area contributed by atoms with Gasteiger partial charge in [0.25, 0.3) is 5.91 Å². The summed E-state index contributed by atoms with van der Waals surface area (Å²) in [7, 11) is 0. The third kappa shape index (κ3) is 4.67. The average Bonchev–Trinajstić information content (AvgIpc) is 2.69. The van der Waals surface area contributed by atoms with Gasteiger partial charge < -0.3 is 10.1 Å². The lowest BCUT2D eigenvalue weighted by molar-refractivity contribution is -0.109. The molecule has 26 heavy (non-hydrogen) atoms. The molecule has 1 atom stereocenters. The minimum atomic E-state index is -0.547. The Bertz CT molecular complexity index is 860. The van der Waals surface area contributed by atoms with Gasteiger partial charge in [-0.15, -0.1) is 0 Å². The first-order chi connectivity index (χ1) is 12.8. The molecule has 0 saturated carbocycles. The van der Waals surface area contributed by atoms with Gasteiger partial charge in [-0.25, -0.2) is 0 Å². The van der Waals surface area contributed by atoms with E-state index in [0.717, 1.165) is 23.0 Å². The van der Waals surface area contributed by atoms with E-state index in [1.807, 2.05) is 78.9 Å². The molecule has 1 unspecified atom stereocenters. The van der Waals surface area contributed by atoms with Gasteiger partial charge >= 0.3 is 0 Å². The summed E-state index contributed by atoms with van der Waals surface area (Å²) >= 11 is 0. The summed E-state index contributed by atoms with van der Waals surface area (Å²) in [6.07, 6.45) is 1.95. The van der Waals surface area contributed by atoms with E-state index in [2.05, 4.69) is 5.32 Å². The molecule has 1 amide bonds. The topological polar surface area (TPSA) is 46.2 Å². The first kappa shape index (κ1) is 17.6. The molecule has 0 radical (unpaired) electrons. The van der Waals surface area contributed by atoms with Crippen LogP contribution in [0.1, 0.15) is 27.0 Å². The molecular formula is C23H21NO2. The van der Waals surface area contributed by atoms with E-state index in [9.17, 15) is 9.59 Å². The fourth-order valence-corrected chi connectivity index (χ4v) is 2.96. The van der Waals surface area contributed by atoms with Crippen molar-refractivity contribution < 1.29 is 9.59 Å². The summed E-state index contributed by atoms with van der Waals surface area (Å²) in [6, 6.07) is 26.7. The number of nitrogens with one attached hydrogen (secondary N) is 1. The molecule has 3 aromatic carbocycles. The van der Waals surface area contributed by atoms with Gasteiger partial charge in [0, 0.05) is 5.56 Å². The minimum Gasteiger partial charge on any atom is -0.342 e. The SMILES string of the molecule is O=CC(Cc1ccccc1)NC(=O)c1ccccc1Cc1ccccc1. The van der Waals surface area contributed by atoms with Crippen LogP contribution in [0.25, 0.3) is 0 Å². The largest absolute Gasteiger partial charge is 0.342 e. The zero-order valence-corrected chi connectivity index (χ0v) is 14.5. The second-order valence-corrected chi connectivity index (χ2v) is 6.23. The molecule has 0 saturated heterocycles. The van der Waals surface area contributed by atoms with Crippen molar-refractivity contribution in [1.82, 2.24) is 5.32 Å². The van der Waals surface area contributed by atoms with Gasteiger partial charge in [0.1, 0.15) is 6.29 Å². The van der Waals surface area contributed by atoms with Gasteiger partial charge in [0.05, 0.1) is 6.04 Å². The lowest BCUT2D eigenvalue weighted by atomic mass is 9.99. The summed E-state index contributed by atoms with van der Waals surface area (Å²) < 4.78 is 0. The average molecular weight is 343 g/mol. The summed E-state index contributed by atoms with van der Waals surface area (Å²) in [5, 5.41) is 2.85. The standard InChI is InChI=1S/C23H21NO2/c25-17-21(16-19-11-5-2-6-12-19)24-23(26)22-14-8-7-13-20(22)15-18-9-3-1-4-10-18/h1-14,17,21H,15-16H2,(H,24,26). The quantitative estimate of drug-likeness (QED) is 0.663. The fourth-order valence-electron chi connectivity index (χ4n) is 2.96. The van der Waals surface area contributed by atoms with Crippen LogP contribution in [0.15, 0.2) is 84.9 Å². The molecule has 0 aliphatic rings. The van der Waals surface area contributed by atoms with Gasteiger partial charge in [-0.2, -0.15) is 0 Å². The number of carbonyl (C=O) groups excluding carboxylic acids is 2. The molecule has 3 heteroatoms. The van der Waals surface area contributed by atoms with E-state index in [0.29, 0.717) is 18.4 Å². The third-order valence-corrected chi connectivity index (χ3v) is 4.28. The highest BCUT2D eigenvalue weighted by atomic mass is 16.2. The molecule has 130 valence electrons. The predicted octanol–water partition coefficient (Wildman–Crippen LogP) is 3.82. The Labute approximate surface area is 153 Å². The minimum absolute atomic E-state index is 0.218. The van der Waals surface area contributed by atoms with Crippen molar-refractivity contribution >= 4 is 12.2 Å². The molecule has 0 aliphatic carbocycles. The van der Waals surface area contributed by atoms with Crippen LogP contribution in [0.2, 0.25) is 0 Å². The molecule has 3 nitrogen and oxygen atoms in total. The number of aldehydes is 1. The van der Waals surface area contributed by atoms with E-state index >= 15 is 0 Å². The Morgan fingerprint density at radius 2 is 1.38 bits per heavy atom. The maximum atomic E-state index is 12.7. The number of benzene rings is 3. The molecule has 0 fully saturated rings. The lowest BCUT2D eigenvalue weighted by Gasteiger charge is -2.15. The molecule has 0 aromatic heterocycles. The molecule has 3 rings (SSSR count). The van der Waals surface area contributed by atoms with Crippen LogP contribution >= 0.6 is 0 Å². The van der Waals surface area contributed by atoms with Gasteiger partial charge in [-0.3, -0.25) is 4.79 Å². The third-order valence-electron chi connectivity index (χ3n) is 4.28. The number of hydrogen-bond donors (Lipinski definition) is 1. The first-order valence-electron chi connectivity index (χ1n) is 8.68. The maximum Gasteiger partial charge on any atom is 0.252 e. The van der Waals surface area contributed by atoms with Crippen LogP contribution in [-0.4, -0.2) is 18.2 Å². The number of rotatable bonds is 7. The van der Waals surface area contributed by atoms with E-state index in [4.69, 9.17) is 0 Å². The van der Waals surface area contributed by atoms with Crippen LogP contribution < -0.4 is 5.32 Å². The lowest BCUT2D eigenvalue weighted by Crippen LogP contribution is -2.38. The summed E-state index contributed by atoms with van der Waals surface area (Å²) in [4.78, 5) is 24.2. The van der Waals surface area contributed by atoms with Gasteiger partial charge in [-0.1, -0.05) is 78.9 Å². The van der Waals surface area contributed by atoms with Crippen molar-refractivity contribution in [3.05, 3.63) is 107 Å². The molecule has 0 heterocycles. The monoisotopic (exact) mass is 343 g/mol. The van der Waals surface area contributed by atoms with Crippen molar-refractivity contribution in [3.63, 3.8) is 0 Å². The summed E-state index contributed by atoms with van der Waals surface area (Å²) in [5.41, 5.74) is 3.71. The predicted molar refractivity (Wildman–Crippen MR) is 103 cm³/mol. The van der Waals surface area contributed by atoms with Crippen molar-refractivity contribution in [2.24, 2.45) is 0 Å². The first-order valence-corrected chi connectivity index (χ1v) is 8.68. The van der Waals surface area contributed by atoms with Gasteiger partial charge in [0.15, 0.2) is 0 Å². The Kier molecular flexibility index (Phi) is 5.94. The van der Waals surface area contributed by atoms with Crippen LogP contribution in [-0.2, 0) is 17.6 Å². The Morgan fingerprint density at radius 1 is 0.808 bits per heavy atom. The van der Waals surface area contributed by atoms with E-state index in [-0.39, 0.29) is 5.91 Å². The van der Waals surface area contributed by atoms with Crippen molar-refractivity contribution in [1.29, 1.82) is 0 Å². The normalized spacial score (nSPS) is 11.5. The molecule has 0 bridgehead atoms. The second-order valence-electron chi connectivity index (χ2n) is 6.23.